The van der Waals surface area contributed by atoms with Crippen LogP contribution in [0.15, 0.2) is 59.8 Å². The van der Waals surface area contributed by atoms with Crippen LogP contribution >= 0.6 is 11.8 Å². The van der Waals surface area contributed by atoms with Gasteiger partial charge in [0.25, 0.3) is 0 Å². The first-order chi connectivity index (χ1) is 11.3. The third-order valence-electron chi connectivity index (χ3n) is 3.78. The van der Waals surface area contributed by atoms with Gasteiger partial charge in [-0.3, -0.25) is 9.78 Å². The van der Waals surface area contributed by atoms with Crippen LogP contribution in [0.2, 0.25) is 0 Å². The molecule has 1 unspecified atom stereocenters. The standard InChI is InChI=1S/C18H20N2O2S/c21-18(9-13-23-17-4-2-1-3-5-17)20-12-8-16(14-20)22-15-6-10-19-11-7-15/h1-7,10-11,16H,8-9,12-14H2. The molecule has 1 aliphatic heterocycles. The van der Waals surface area contributed by atoms with Crippen LogP contribution in [0.1, 0.15) is 12.8 Å². The predicted molar refractivity (Wildman–Crippen MR) is 91.6 cm³/mol. The van der Waals surface area contributed by atoms with Gasteiger partial charge in [0.2, 0.25) is 5.91 Å². The van der Waals surface area contributed by atoms with Gasteiger partial charge >= 0.3 is 0 Å². The van der Waals surface area contributed by atoms with Gasteiger partial charge in [0.1, 0.15) is 11.9 Å². The maximum Gasteiger partial charge on any atom is 0.223 e. The molecule has 3 rings (SSSR count). The number of rotatable bonds is 6. The van der Waals surface area contributed by atoms with Crippen LogP contribution in [0.3, 0.4) is 0 Å². The molecular formula is C18H20N2O2S. The van der Waals surface area contributed by atoms with Gasteiger partial charge in [-0.1, -0.05) is 18.2 Å². The van der Waals surface area contributed by atoms with Crippen molar-refractivity contribution >= 4 is 17.7 Å². The number of hydrogen-bond acceptors (Lipinski definition) is 4. The largest absolute Gasteiger partial charge is 0.488 e. The van der Waals surface area contributed by atoms with Gasteiger partial charge in [-0.05, 0) is 24.3 Å². The first kappa shape index (κ1) is 15.9. The van der Waals surface area contributed by atoms with Crippen molar-refractivity contribution in [2.75, 3.05) is 18.8 Å². The molecule has 1 saturated heterocycles. The van der Waals surface area contributed by atoms with Crippen molar-refractivity contribution in [1.82, 2.24) is 9.88 Å². The summed E-state index contributed by atoms with van der Waals surface area (Å²) in [7, 11) is 0. The SMILES string of the molecule is O=C(CCSc1ccccc1)N1CCC(Oc2ccncc2)C1. The lowest BCUT2D eigenvalue weighted by molar-refractivity contribution is -0.129. The molecule has 0 bridgehead atoms. The number of amides is 1. The van der Waals surface area contributed by atoms with E-state index in [2.05, 4.69) is 17.1 Å². The third-order valence-corrected chi connectivity index (χ3v) is 4.79. The Morgan fingerprint density at radius 2 is 2.00 bits per heavy atom. The topological polar surface area (TPSA) is 42.4 Å². The van der Waals surface area contributed by atoms with Crippen LogP contribution in [0.4, 0.5) is 0 Å². The molecule has 0 saturated carbocycles. The molecule has 1 atom stereocenters. The summed E-state index contributed by atoms with van der Waals surface area (Å²) in [6, 6.07) is 13.9. The summed E-state index contributed by atoms with van der Waals surface area (Å²) in [5, 5.41) is 0. The second kappa shape index (κ2) is 8.02. The first-order valence-electron chi connectivity index (χ1n) is 7.83. The number of benzene rings is 1. The molecule has 2 aromatic rings. The van der Waals surface area contributed by atoms with Gasteiger partial charge in [-0.25, -0.2) is 0 Å². The fourth-order valence-corrected chi connectivity index (χ4v) is 3.45. The maximum absolute atomic E-state index is 12.3. The summed E-state index contributed by atoms with van der Waals surface area (Å²) in [5.41, 5.74) is 0. The fraction of sp³-hybridized carbons (Fsp3) is 0.333. The van der Waals surface area contributed by atoms with Crippen LogP contribution in [0.5, 0.6) is 5.75 Å². The monoisotopic (exact) mass is 328 g/mol. The Morgan fingerprint density at radius 1 is 1.22 bits per heavy atom. The number of nitrogens with zero attached hydrogens (tertiary/aromatic N) is 2. The maximum atomic E-state index is 12.3. The minimum Gasteiger partial charge on any atom is -0.488 e. The highest BCUT2D eigenvalue weighted by Gasteiger charge is 2.27. The van der Waals surface area contributed by atoms with E-state index in [1.54, 1.807) is 24.2 Å². The zero-order valence-electron chi connectivity index (χ0n) is 12.9. The van der Waals surface area contributed by atoms with Gasteiger partial charge in [0, 0.05) is 42.4 Å². The molecule has 1 aliphatic rings. The Kier molecular flexibility index (Phi) is 5.53. The normalized spacial score (nSPS) is 17.2. The summed E-state index contributed by atoms with van der Waals surface area (Å²) in [4.78, 5) is 19.4. The van der Waals surface area contributed by atoms with E-state index >= 15 is 0 Å². The second-order valence-electron chi connectivity index (χ2n) is 5.46. The Labute approximate surface area is 140 Å². The van der Waals surface area contributed by atoms with Crippen molar-refractivity contribution < 1.29 is 9.53 Å². The minimum absolute atomic E-state index is 0.0862. The van der Waals surface area contributed by atoms with Crippen molar-refractivity contribution in [2.24, 2.45) is 0 Å². The van der Waals surface area contributed by atoms with Gasteiger partial charge in [-0.15, -0.1) is 11.8 Å². The van der Waals surface area contributed by atoms with E-state index in [1.165, 1.54) is 4.90 Å². The number of ether oxygens (including phenoxy) is 1. The van der Waals surface area contributed by atoms with Crippen LogP contribution in [-0.4, -0.2) is 40.7 Å². The average molecular weight is 328 g/mol. The summed E-state index contributed by atoms with van der Waals surface area (Å²) in [5.74, 6) is 1.85. The van der Waals surface area contributed by atoms with Gasteiger partial charge in [0.15, 0.2) is 0 Å². The Bertz CT molecular complexity index is 621. The van der Waals surface area contributed by atoms with Gasteiger partial charge < -0.3 is 9.64 Å². The van der Waals surface area contributed by atoms with Crippen molar-refractivity contribution in [2.45, 2.75) is 23.8 Å². The number of carbonyl (C=O) groups excluding carboxylic acids is 1. The number of aromatic nitrogens is 1. The van der Waals surface area contributed by atoms with E-state index in [9.17, 15) is 4.79 Å². The highest BCUT2D eigenvalue weighted by Crippen LogP contribution is 2.21. The second-order valence-corrected chi connectivity index (χ2v) is 6.63. The number of thioether (sulfide) groups is 1. The molecule has 1 aromatic heterocycles. The lowest BCUT2D eigenvalue weighted by Crippen LogP contribution is -2.31. The molecule has 2 heterocycles. The summed E-state index contributed by atoms with van der Waals surface area (Å²) in [6.07, 6.45) is 4.98. The van der Waals surface area contributed by atoms with Crippen molar-refractivity contribution in [1.29, 1.82) is 0 Å². The Morgan fingerprint density at radius 3 is 2.78 bits per heavy atom. The number of carbonyl (C=O) groups is 1. The lowest BCUT2D eigenvalue weighted by Gasteiger charge is -2.17. The number of likely N-dealkylation sites (tertiary alicyclic amines) is 1. The molecule has 23 heavy (non-hydrogen) atoms. The van der Waals surface area contributed by atoms with E-state index in [1.807, 2.05) is 35.2 Å². The first-order valence-corrected chi connectivity index (χ1v) is 8.82. The van der Waals surface area contributed by atoms with Gasteiger partial charge in [0.05, 0.1) is 6.54 Å². The fourth-order valence-electron chi connectivity index (χ4n) is 2.59. The van der Waals surface area contributed by atoms with E-state index in [0.29, 0.717) is 13.0 Å². The molecule has 0 radical (unpaired) electrons. The van der Waals surface area contributed by atoms with E-state index in [-0.39, 0.29) is 12.0 Å². The zero-order valence-corrected chi connectivity index (χ0v) is 13.7. The third kappa shape index (κ3) is 4.73. The smallest absolute Gasteiger partial charge is 0.223 e. The highest BCUT2D eigenvalue weighted by atomic mass is 32.2. The Balaban J connectivity index is 1.41. The number of hydrogen-bond donors (Lipinski definition) is 0. The summed E-state index contributed by atoms with van der Waals surface area (Å²) >= 11 is 1.73. The number of pyridine rings is 1. The molecule has 1 amide bonds. The van der Waals surface area contributed by atoms with Crippen LogP contribution in [-0.2, 0) is 4.79 Å². The molecule has 1 fully saturated rings. The minimum atomic E-state index is 0.0862. The van der Waals surface area contributed by atoms with Crippen LogP contribution in [0.25, 0.3) is 0 Å². The molecule has 0 N–H and O–H groups in total. The van der Waals surface area contributed by atoms with E-state index in [4.69, 9.17) is 4.74 Å². The molecular weight excluding hydrogens is 308 g/mol. The molecule has 1 aromatic carbocycles. The average Bonchev–Trinajstić information content (AvgIpc) is 3.05. The predicted octanol–water partition coefficient (Wildman–Crippen LogP) is 3.24. The molecule has 0 spiro atoms. The molecule has 5 heteroatoms. The summed E-state index contributed by atoms with van der Waals surface area (Å²) < 4.78 is 5.89. The Hall–Kier alpha value is -2.01. The van der Waals surface area contributed by atoms with Gasteiger partial charge in [-0.2, -0.15) is 0 Å². The van der Waals surface area contributed by atoms with Crippen molar-refractivity contribution in [3.63, 3.8) is 0 Å². The van der Waals surface area contributed by atoms with Crippen LogP contribution in [0, 0.1) is 0 Å². The quantitative estimate of drug-likeness (QED) is 0.764. The molecule has 0 aliphatic carbocycles. The van der Waals surface area contributed by atoms with E-state index < -0.39 is 0 Å². The molecule has 120 valence electrons. The molecule has 4 nitrogen and oxygen atoms in total. The zero-order chi connectivity index (χ0) is 15.9. The summed E-state index contributed by atoms with van der Waals surface area (Å²) in [6.45, 7) is 1.46. The van der Waals surface area contributed by atoms with Crippen molar-refractivity contribution in [3.05, 3.63) is 54.9 Å². The van der Waals surface area contributed by atoms with Crippen LogP contribution < -0.4 is 4.74 Å². The highest BCUT2D eigenvalue weighted by molar-refractivity contribution is 7.99. The van der Waals surface area contributed by atoms with Crippen molar-refractivity contribution in [3.8, 4) is 5.75 Å². The lowest BCUT2D eigenvalue weighted by atomic mass is 10.3. The van der Waals surface area contributed by atoms with E-state index in [0.717, 1.165) is 24.5 Å².